The Bertz CT molecular complexity index is 1190. The maximum atomic E-state index is 12.6. The summed E-state index contributed by atoms with van der Waals surface area (Å²) in [6, 6.07) is 12.3. The molecule has 216 valence electrons. The molecule has 0 aliphatic carbocycles. The van der Waals surface area contributed by atoms with E-state index in [0.717, 1.165) is 57.7 Å². The van der Waals surface area contributed by atoms with Gasteiger partial charge >= 0.3 is 0 Å². The zero-order chi connectivity index (χ0) is 24.9. The molecule has 1 aromatic heterocycles. The van der Waals surface area contributed by atoms with Crippen molar-refractivity contribution in [1.29, 1.82) is 0 Å². The SMILES string of the molecule is Cc1ccc(C(=O)Nc2ccc(Nc3nc(N4CCCCC4)nc(N4CCNCC4)n3)cc2O)cc1.Cl.N.N.[HH].[HH]. The lowest BCUT2D eigenvalue weighted by Gasteiger charge is -2.30. The Labute approximate surface area is 238 Å². The van der Waals surface area contributed by atoms with Crippen molar-refractivity contribution in [2.75, 3.05) is 59.7 Å². The van der Waals surface area contributed by atoms with Crippen molar-refractivity contribution in [2.24, 2.45) is 0 Å². The average molecular weight is 563 g/mol. The van der Waals surface area contributed by atoms with Crippen LogP contribution in [0.15, 0.2) is 42.5 Å². The number of hydrogen-bond acceptors (Lipinski definition) is 11. The number of hydrogen-bond donors (Lipinski definition) is 6. The number of aromatic nitrogens is 3. The van der Waals surface area contributed by atoms with E-state index in [1.54, 1.807) is 30.3 Å². The van der Waals surface area contributed by atoms with Crippen LogP contribution in [0.4, 0.5) is 29.2 Å². The first-order chi connectivity index (χ1) is 17.5. The van der Waals surface area contributed by atoms with E-state index in [0.29, 0.717) is 34.8 Å². The van der Waals surface area contributed by atoms with Crippen molar-refractivity contribution in [1.82, 2.24) is 32.6 Å². The Kier molecular flexibility index (Phi) is 11.7. The maximum Gasteiger partial charge on any atom is 0.255 e. The largest absolute Gasteiger partial charge is 0.506 e. The van der Waals surface area contributed by atoms with Gasteiger partial charge in [0.15, 0.2) is 0 Å². The highest BCUT2D eigenvalue weighted by atomic mass is 35.5. The van der Waals surface area contributed by atoms with Crippen LogP contribution in [0.3, 0.4) is 0 Å². The number of nitrogens with zero attached hydrogens (tertiary/aromatic N) is 5. The molecule has 2 aliphatic rings. The molecule has 0 saturated carbocycles. The molecule has 2 aliphatic heterocycles. The normalized spacial score (nSPS) is 14.8. The van der Waals surface area contributed by atoms with Crippen molar-refractivity contribution in [3.05, 3.63) is 53.6 Å². The highest BCUT2D eigenvalue weighted by Gasteiger charge is 2.20. The second-order valence-corrected chi connectivity index (χ2v) is 9.22. The quantitative estimate of drug-likeness (QED) is 0.232. The summed E-state index contributed by atoms with van der Waals surface area (Å²) in [7, 11) is 0. The molecule has 1 amide bonds. The van der Waals surface area contributed by atoms with Crippen LogP contribution in [0.2, 0.25) is 0 Å². The van der Waals surface area contributed by atoms with Crippen molar-refractivity contribution in [2.45, 2.75) is 26.2 Å². The van der Waals surface area contributed by atoms with Gasteiger partial charge in [-0.2, -0.15) is 15.0 Å². The van der Waals surface area contributed by atoms with Gasteiger partial charge in [0.25, 0.3) is 5.91 Å². The van der Waals surface area contributed by atoms with Gasteiger partial charge in [-0.05, 0) is 50.5 Å². The van der Waals surface area contributed by atoms with E-state index in [9.17, 15) is 9.90 Å². The van der Waals surface area contributed by atoms with Gasteiger partial charge in [-0.25, -0.2) is 0 Å². The molecule has 3 aromatic rings. The number of piperazine rings is 1. The van der Waals surface area contributed by atoms with Crippen LogP contribution in [0.5, 0.6) is 5.75 Å². The van der Waals surface area contributed by atoms with Gasteiger partial charge in [0.2, 0.25) is 17.8 Å². The van der Waals surface area contributed by atoms with Gasteiger partial charge in [-0.3, -0.25) is 4.79 Å². The zero-order valence-electron chi connectivity index (χ0n) is 22.3. The molecule has 10 N–H and O–H groups in total. The third-order valence-electron chi connectivity index (χ3n) is 6.47. The number of rotatable bonds is 6. The van der Waals surface area contributed by atoms with Gasteiger partial charge in [0.05, 0.1) is 5.69 Å². The molecule has 0 radical (unpaired) electrons. The fourth-order valence-electron chi connectivity index (χ4n) is 4.39. The van der Waals surface area contributed by atoms with E-state index < -0.39 is 0 Å². The minimum absolute atomic E-state index is 0. The highest BCUT2D eigenvalue weighted by molar-refractivity contribution is 6.05. The topological polar surface area (TPSA) is 189 Å². The fraction of sp³-hybridized carbons (Fsp3) is 0.385. The lowest BCUT2D eigenvalue weighted by atomic mass is 10.1. The second kappa shape index (κ2) is 14.4. The lowest BCUT2D eigenvalue weighted by Crippen LogP contribution is -2.44. The molecule has 3 heterocycles. The third kappa shape index (κ3) is 7.90. The monoisotopic (exact) mass is 562 g/mol. The maximum absolute atomic E-state index is 12.6. The van der Waals surface area contributed by atoms with E-state index in [1.165, 1.54) is 6.42 Å². The van der Waals surface area contributed by atoms with E-state index in [4.69, 9.17) is 9.97 Å². The predicted molar refractivity (Wildman–Crippen MR) is 163 cm³/mol. The Balaban J connectivity index is 0.00000320. The first-order valence-electron chi connectivity index (χ1n) is 12.5. The summed E-state index contributed by atoms with van der Waals surface area (Å²) in [6.45, 7) is 7.27. The molecular weight excluding hydrogens is 520 g/mol. The summed E-state index contributed by atoms with van der Waals surface area (Å²) in [5, 5.41) is 19.9. The van der Waals surface area contributed by atoms with Crippen molar-refractivity contribution >= 4 is 47.5 Å². The predicted octanol–water partition coefficient (Wildman–Crippen LogP) is 4.52. The number of nitrogens with one attached hydrogen (secondary N) is 3. The standard InChI is InChI=1S/C26H32N8O2.ClH.2H3N.2H2/c1-18-5-7-19(8-6-18)23(36)29-21-10-9-20(17-22(21)35)28-24-30-25(33-13-3-2-4-14-33)32-26(31-24)34-15-11-27-12-16-34;;;;;/h5-10,17,27,35H,2-4,11-16H2,1H3,(H,29,36)(H,28,30,31,32);1H;2*1H3;2*1H. The van der Waals surface area contributed by atoms with Gasteiger partial charge in [-0.15, -0.1) is 12.4 Å². The molecule has 2 aromatic carbocycles. The van der Waals surface area contributed by atoms with Gasteiger partial charge < -0.3 is 43.2 Å². The summed E-state index contributed by atoms with van der Waals surface area (Å²) >= 11 is 0. The van der Waals surface area contributed by atoms with Gasteiger partial charge in [-0.1, -0.05) is 17.7 Å². The Morgan fingerprint density at radius 1 is 0.897 bits per heavy atom. The number of aryl methyl sites for hydroxylation is 1. The van der Waals surface area contributed by atoms with Gasteiger partial charge in [0, 0.05) is 59.4 Å². The molecule has 12 nitrogen and oxygen atoms in total. The van der Waals surface area contributed by atoms with E-state index >= 15 is 0 Å². The zero-order valence-corrected chi connectivity index (χ0v) is 23.1. The van der Waals surface area contributed by atoms with Crippen LogP contribution in [0.25, 0.3) is 0 Å². The second-order valence-electron chi connectivity index (χ2n) is 9.22. The van der Waals surface area contributed by atoms with Crippen LogP contribution in [-0.2, 0) is 0 Å². The minimum Gasteiger partial charge on any atom is -0.506 e. The number of aromatic hydroxyl groups is 1. The van der Waals surface area contributed by atoms with Crippen molar-refractivity contribution < 1.29 is 12.8 Å². The first kappa shape index (κ1) is 31.5. The molecule has 0 unspecified atom stereocenters. The third-order valence-corrected chi connectivity index (χ3v) is 6.47. The van der Waals surface area contributed by atoms with E-state index in [1.807, 2.05) is 19.1 Å². The number of benzene rings is 2. The Morgan fingerprint density at radius 2 is 1.51 bits per heavy atom. The first-order valence-corrected chi connectivity index (χ1v) is 12.5. The minimum atomic E-state index is -0.282. The van der Waals surface area contributed by atoms with Crippen LogP contribution in [0, 0.1) is 6.92 Å². The number of carbonyl (C=O) groups excluding carboxylic acids is 1. The number of piperidine rings is 1. The molecule has 0 bridgehead atoms. The molecule has 39 heavy (non-hydrogen) atoms. The summed E-state index contributed by atoms with van der Waals surface area (Å²) in [6.07, 6.45) is 3.48. The number of carbonyl (C=O) groups is 1. The van der Waals surface area contributed by atoms with Crippen LogP contribution < -0.4 is 38.1 Å². The molecule has 0 spiro atoms. The van der Waals surface area contributed by atoms with Crippen molar-refractivity contribution in [3.63, 3.8) is 0 Å². The lowest BCUT2D eigenvalue weighted by molar-refractivity contribution is 0.102. The Hall–Kier alpha value is -3.71. The number of amides is 1. The number of phenolic OH excluding ortho intramolecular Hbond substituents is 1. The van der Waals surface area contributed by atoms with Crippen molar-refractivity contribution in [3.8, 4) is 5.75 Å². The van der Waals surface area contributed by atoms with Crippen LogP contribution >= 0.6 is 12.4 Å². The van der Waals surface area contributed by atoms with Crippen LogP contribution in [0.1, 0.15) is 38.0 Å². The molecule has 0 atom stereocenters. The smallest absolute Gasteiger partial charge is 0.255 e. The number of anilines is 5. The number of phenols is 1. The van der Waals surface area contributed by atoms with Crippen LogP contribution in [-0.4, -0.2) is 65.2 Å². The molecular formula is C26H43ClN10O2. The van der Waals surface area contributed by atoms with E-state index in [2.05, 4.69) is 30.7 Å². The average Bonchev–Trinajstić information content (AvgIpc) is 2.91. The summed E-state index contributed by atoms with van der Waals surface area (Å²) < 4.78 is 0. The molecule has 13 heteroatoms. The molecule has 2 saturated heterocycles. The summed E-state index contributed by atoms with van der Waals surface area (Å²) in [5.41, 5.74) is 2.55. The molecule has 5 rings (SSSR count). The van der Waals surface area contributed by atoms with Gasteiger partial charge in [0.1, 0.15) is 5.75 Å². The molecule has 2 fully saturated rings. The van der Waals surface area contributed by atoms with E-state index in [-0.39, 0.29) is 39.2 Å². The number of halogens is 1. The summed E-state index contributed by atoms with van der Waals surface area (Å²) in [5.74, 6) is 1.42. The Morgan fingerprint density at radius 3 is 2.13 bits per heavy atom. The highest BCUT2D eigenvalue weighted by Crippen LogP contribution is 2.29. The summed E-state index contributed by atoms with van der Waals surface area (Å²) in [4.78, 5) is 31.1. The fourth-order valence-corrected chi connectivity index (χ4v) is 4.39.